The average molecular weight is 429 g/mol. The standard InChI is InChI=1S/C22H23NO6S/c1-28-20-10-7-17(12-21(20)30(26,27)23-18-8-9-18)22(25)29-13-19(24)16-6-5-14-3-2-4-15(14)11-16/h5-7,10-12,18,23H,2-4,8-9,13H2,1H3. The Morgan fingerprint density at radius 2 is 1.77 bits per heavy atom. The third-order valence-corrected chi connectivity index (χ3v) is 6.88. The number of carbonyl (C=O) groups is 2. The van der Waals surface area contributed by atoms with Crippen molar-refractivity contribution >= 4 is 21.8 Å². The molecule has 0 atom stereocenters. The second-order valence-corrected chi connectivity index (χ2v) is 9.28. The van der Waals surface area contributed by atoms with Gasteiger partial charge in [0.2, 0.25) is 10.0 Å². The molecule has 4 rings (SSSR count). The largest absolute Gasteiger partial charge is 0.495 e. The van der Waals surface area contributed by atoms with Crippen LogP contribution < -0.4 is 9.46 Å². The molecule has 0 heterocycles. The molecule has 7 nitrogen and oxygen atoms in total. The Morgan fingerprint density at radius 3 is 2.50 bits per heavy atom. The van der Waals surface area contributed by atoms with Crippen LogP contribution in [-0.4, -0.2) is 39.9 Å². The lowest BCUT2D eigenvalue weighted by atomic mass is 10.0. The Labute approximate surface area is 175 Å². The first-order valence-electron chi connectivity index (χ1n) is 9.90. The van der Waals surface area contributed by atoms with Crippen molar-refractivity contribution in [2.45, 2.75) is 43.0 Å². The number of fused-ring (bicyclic) bond motifs is 1. The molecule has 0 radical (unpaired) electrons. The van der Waals surface area contributed by atoms with Crippen molar-refractivity contribution in [1.29, 1.82) is 0 Å². The number of nitrogens with one attached hydrogen (secondary N) is 1. The SMILES string of the molecule is COc1ccc(C(=O)OCC(=O)c2ccc3c(c2)CCC3)cc1S(=O)(=O)NC1CC1. The van der Waals surface area contributed by atoms with Crippen molar-refractivity contribution < 1.29 is 27.5 Å². The van der Waals surface area contributed by atoms with E-state index < -0.39 is 22.6 Å². The molecule has 0 aromatic heterocycles. The van der Waals surface area contributed by atoms with Crippen LogP contribution in [0.1, 0.15) is 51.1 Å². The van der Waals surface area contributed by atoms with E-state index in [9.17, 15) is 18.0 Å². The van der Waals surface area contributed by atoms with Crippen molar-refractivity contribution in [3.8, 4) is 5.75 Å². The number of sulfonamides is 1. The summed E-state index contributed by atoms with van der Waals surface area (Å²) < 4.78 is 38.0. The van der Waals surface area contributed by atoms with Crippen LogP contribution in [0.15, 0.2) is 41.3 Å². The Kier molecular flexibility index (Phi) is 5.62. The molecule has 0 spiro atoms. The number of ether oxygens (including phenoxy) is 2. The van der Waals surface area contributed by atoms with Gasteiger partial charge in [-0.25, -0.2) is 17.9 Å². The third-order valence-electron chi connectivity index (χ3n) is 5.34. The molecule has 1 N–H and O–H groups in total. The van der Waals surface area contributed by atoms with E-state index in [1.165, 1.54) is 36.4 Å². The van der Waals surface area contributed by atoms with Crippen LogP contribution in [0.25, 0.3) is 0 Å². The second kappa shape index (κ2) is 8.20. The first-order valence-corrected chi connectivity index (χ1v) is 11.4. The number of hydrogen-bond acceptors (Lipinski definition) is 6. The van der Waals surface area contributed by atoms with Crippen LogP contribution in [0, 0.1) is 0 Å². The molecular weight excluding hydrogens is 406 g/mol. The Balaban J connectivity index is 1.46. The van der Waals surface area contributed by atoms with Gasteiger partial charge in [-0.3, -0.25) is 4.79 Å². The number of ketones is 1. The van der Waals surface area contributed by atoms with Crippen molar-refractivity contribution in [2.24, 2.45) is 0 Å². The lowest BCUT2D eigenvalue weighted by Gasteiger charge is -2.12. The van der Waals surface area contributed by atoms with Crippen LogP contribution in [-0.2, 0) is 27.6 Å². The Bertz CT molecular complexity index is 1100. The first-order chi connectivity index (χ1) is 14.4. The summed E-state index contributed by atoms with van der Waals surface area (Å²) in [5.41, 5.74) is 2.97. The number of esters is 1. The number of methoxy groups -OCH3 is 1. The van der Waals surface area contributed by atoms with Crippen LogP contribution in [0.5, 0.6) is 5.75 Å². The predicted octanol–water partition coefficient (Wildman–Crippen LogP) is 2.66. The molecular formula is C22H23NO6S. The summed E-state index contributed by atoms with van der Waals surface area (Å²) in [6, 6.07) is 9.51. The fourth-order valence-electron chi connectivity index (χ4n) is 3.54. The summed E-state index contributed by atoms with van der Waals surface area (Å²) in [6.07, 6.45) is 4.63. The maximum Gasteiger partial charge on any atom is 0.338 e. The number of aryl methyl sites for hydroxylation is 2. The minimum absolute atomic E-state index is 0.0359. The minimum atomic E-state index is -3.83. The fourth-order valence-corrected chi connectivity index (χ4v) is 5.04. The fraction of sp³-hybridized carbons (Fsp3) is 0.364. The summed E-state index contributed by atoms with van der Waals surface area (Å²) >= 11 is 0. The van der Waals surface area contributed by atoms with Crippen molar-refractivity contribution in [1.82, 2.24) is 4.72 Å². The number of benzene rings is 2. The highest BCUT2D eigenvalue weighted by Gasteiger charge is 2.30. The van der Waals surface area contributed by atoms with Gasteiger partial charge in [0.1, 0.15) is 10.6 Å². The molecule has 2 aliphatic carbocycles. The third kappa shape index (κ3) is 4.39. The number of Topliss-reactive ketones (excluding diaryl/α,β-unsaturated/α-hetero) is 1. The average Bonchev–Trinajstić information content (AvgIpc) is 3.42. The monoisotopic (exact) mass is 429 g/mol. The van der Waals surface area contributed by atoms with Crippen molar-refractivity contribution in [2.75, 3.05) is 13.7 Å². The smallest absolute Gasteiger partial charge is 0.338 e. The van der Waals surface area contributed by atoms with Crippen molar-refractivity contribution in [3.63, 3.8) is 0 Å². The maximum atomic E-state index is 12.6. The second-order valence-electron chi connectivity index (χ2n) is 7.60. The van der Waals surface area contributed by atoms with Gasteiger partial charge in [-0.2, -0.15) is 0 Å². The van der Waals surface area contributed by atoms with E-state index in [0.717, 1.165) is 32.1 Å². The van der Waals surface area contributed by atoms with E-state index in [4.69, 9.17) is 9.47 Å². The van der Waals surface area contributed by atoms with Gasteiger partial charge < -0.3 is 9.47 Å². The zero-order valence-corrected chi connectivity index (χ0v) is 17.5. The topological polar surface area (TPSA) is 98.8 Å². The molecule has 0 bridgehead atoms. The zero-order valence-electron chi connectivity index (χ0n) is 16.6. The molecule has 0 aliphatic heterocycles. The van der Waals surface area contributed by atoms with E-state index in [2.05, 4.69) is 4.72 Å². The van der Waals surface area contributed by atoms with E-state index in [-0.39, 0.29) is 28.0 Å². The quantitative estimate of drug-likeness (QED) is 0.512. The summed E-state index contributed by atoms with van der Waals surface area (Å²) in [5, 5.41) is 0. The number of rotatable bonds is 8. The summed E-state index contributed by atoms with van der Waals surface area (Å²) in [5.74, 6) is -0.932. The van der Waals surface area contributed by atoms with Gasteiger partial charge in [-0.1, -0.05) is 12.1 Å². The summed E-state index contributed by atoms with van der Waals surface area (Å²) in [7, 11) is -2.47. The molecule has 0 saturated heterocycles. The van der Waals surface area contributed by atoms with Gasteiger partial charge in [0.05, 0.1) is 12.7 Å². The van der Waals surface area contributed by atoms with Gasteiger partial charge >= 0.3 is 5.97 Å². The summed E-state index contributed by atoms with van der Waals surface area (Å²) in [6.45, 7) is -0.411. The molecule has 2 aliphatic rings. The van der Waals surface area contributed by atoms with Gasteiger partial charge in [0, 0.05) is 11.6 Å². The molecule has 30 heavy (non-hydrogen) atoms. The molecule has 158 valence electrons. The molecule has 2 aromatic carbocycles. The molecule has 0 amide bonds. The highest BCUT2D eigenvalue weighted by atomic mass is 32.2. The van der Waals surface area contributed by atoms with Crippen LogP contribution >= 0.6 is 0 Å². The van der Waals surface area contributed by atoms with Gasteiger partial charge in [-0.15, -0.1) is 0 Å². The number of hydrogen-bond donors (Lipinski definition) is 1. The molecule has 2 aromatic rings. The van der Waals surface area contributed by atoms with E-state index in [0.29, 0.717) is 5.56 Å². The van der Waals surface area contributed by atoms with Crippen LogP contribution in [0.3, 0.4) is 0 Å². The lowest BCUT2D eigenvalue weighted by molar-refractivity contribution is 0.0474. The molecule has 8 heteroatoms. The van der Waals surface area contributed by atoms with E-state index >= 15 is 0 Å². The van der Waals surface area contributed by atoms with Gasteiger partial charge in [0.25, 0.3) is 0 Å². The van der Waals surface area contributed by atoms with Gasteiger partial charge in [-0.05, 0) is 67.5 Å². The Hall–Kier alpha value is -2.71. The lowest BCUT2D eigenvalue weighted by Crippen LogP contribution is -2.26. The Morgan fingerprint density at radius 1 is 1.03 bits per heavy atom. The highest BCUT2D eigenvalue weighted by Crippen LogP contribution is 2.28. The first kappa shape index (κ1) is 20.6. The van der Waals surface area contributed by atoms with E-state index in [1.54, 1.807) is 6.07 Å². The van der Waals surface area contributed by atoms with Crippen LogP contribution in [0.2, 0.25) is 0 Å². The highest BCUT2D eigenvalue weighted by molar-refractivity contribution is 7.89. The normalized spacial score (nSPS) is 15.5. The minimum Gasteiger partial charge on any atom is -0.495 e. The maximum absolute atomic E-state index is 12.6. The van der Waals surface area contributed by atoms with Crippen LogP contribution in [0.4, 0.5) is 0 Å². The predicted molar refractivity (Wildman–Crippen MR) is 109 cm³/mol. The molecule has 0 unspecified atom stereocenters. The summed E-state index contributed by atoms with van der Waals surface area (Å²) in [4.78, 5) is 24.8. The molecule has 1 fully saturated rings. The molecule has 1 saturated carbocycles. The van der Waals surface area contributed by atoms with Gasteiger partial charge in [0.15, 0.2) is 12.4 Å². The van der Waals surface area contributed by atoms with E-state index in [1.807, 2.05) is 12.1 Å². The zero-order chi connectivity index (χ0) is 21.3. The number of carbonyl (C=O) groups excluding carboxylic acids is 2. The van der Waals surface area contributed by atoms with Crippen molar-refractivity contribution in [3.05, 3.63) is 58.7 Å².